The molecule has 0 saturated carbocycles. The van der Waals surface area contributed by atoms with Crippen LogP contribution in [0.2, 0.25) is 0 Å². The molecule has 3 amide bonds. The van der Waals surface area contributed by atoms with Gasteiger partial charge in [0.1, 0.15) is 6.04 Å². The van der Waals surface area contributed by atoms with Gasteiger partial charge in [0.25, 0.3) is 0 Å². The second-order valence-corrected chi connectivity index (χ2v) is 4.82. The standard InChI is InChI=1S/C12H18N2O3/c1-2-8-5-6-14(11(16)7-8)9-3-4-10(15)13-12(9)17/h8-9H,2-7H2,1H3,(H,13,15,17). The molecule has 2 fully saturated rings. The highest BCUT2D eigenvalue weighted by Crippen LogP contribution is 2.24. The minimum atomic E-state index is -0.432. The van der Waals surface area contributed by atoms with E-state index >= 15 is 0 Å². The predicted molar refractivity (Wildman–Crippen MR) is 60.9 cm³/mol. The van der Waals surface area contributed by atoms with Crippen molar-refractivity contribution in [3.63, 3.8) is 0 Å². The second-order valence-electron chi connectivity index (χ2n) is 4.82. The fourth-order valence-electron chi connectivity index (χ4n) is 2.57. The van der Waals surface area contributed by atoms with Crippen molar-refractivity contribution in [2.24, 2.45) is 5.92 Å². The van der Waals surface area contributed by atoms with Gasteiger partial charge in [0.15, 0.2) is 0 Å². The van der Waals surface area contributed by atoms with Crippen LogP contribution < -0.4 is 5.32 Å². The van der Waals surface area contributed by atoms with E-state index in [2.05, 4.69) is 12.2 Å². The Morgan fingerprint density at radius 2 is 2.06 bits per heavy atom. The molecule has 17 heavy (non-hydrogen) atoms. The summed E-state index contributed by atoms with van der Waals surface area (Å²) in [5.41, 5.74) is 0. The van der Waals surface area contributed by atoms with Crippen LogP contribution in [0.3, 0.4) is 0 Å². The highest BCUT2D eigenvalue weighted by Gasteiger charge is 2.36. The van der Waals surface area contributed by atoms with Crippen LogP contribution >= 0.6 is 0 Å². The molecule has 0 aliphatic carbocycles. The number of piperidine rings is 2. The Kier molecular flexibility index (Phi) is 3.45. The predicted octanol–water partition coefficient (Wildman–Crippen LogP) is 0.440. The lowest BCUT2D eigenvalue weighted by atomic mass is 9.91. The number of likely N-dealkylation sites (tertiary alicyclic amines) is 1. The molecule has 0 aromatic heterocycles. The Labute approximate surface area is 101 Å². The summed E-state index contributed by atoms with van der Waals surface area (Å²) in [6.07, 6.45) is 3.30. The van der Waals surface area contributed by atoms with Gasteiger partial charge < -0.3 is 4.90 Å². The Morgan fingerprint density at radius 3 is 2.65 bits per heavy atom. The lowest BCUT2D eigenvalue weighted by Gasteiger charge is -2.37. The van der Waals surface area contributed by atoms with Crippen molar-refractivity contribution in [3.05, 3.63) is 0 Å². The molecule has 2 aliphatic rings. The van der Waals surface area contributed by atoms with Crippen LogP contribution in [0.5, 0.6) is 0 Å². The third-order valence-electron chi connectivity index (χ3n) is 3.73. The monoisotopic (exact) mass is 238 g/mol. The van der Waals surface area contributed by atoms with Crippen molar-refractivity contribution >= 4 is 17.7 Å². The Hall–Kier alpha value is -1.39. The first-order valence-electron chi connectivity index (χ1n) is 6.25. The largest absolute Gasteiger partial charge is 0.331 e. The van der Waals surface area contributed by atoms with Gasteiger partial charge in [0.2, 0.25) is 17.7 Å². The molecule has 2 aliphatic heterocycles. The molecule has 94 valence electrons. The van der Waals surface area contributed by atoms with Crippen LogP contribution in [0.4, 0.5) is 0 Å². The summed E-state index contributed by atoms with van der Waals surface area (Å²) in [7, 11) is 0. The smallest absolute Gasteiger partial charge is 0.249 e. The van der Waals surface area contributed by atoms with Gasteiger partial charge in [0, 0.05) is 19.4 Å². The van der Waals surface area contributed by atoms with Crippen LogP contribution in [0.25, 0.3) is 0 Å². The maximum absolute atomic E-state index is 12.0. The van der Waals surface area contributed by atoms with E-state index in [-0.39, 0.29) is 17.7 Å². The number of imide groups is 1. The van der Waals surface area contributed by atoms with E-state index in [9.17, 15) is 14.4 Å². The number of nitrogens with zero attached hydrogens (tertiary/aromatic N) is 1. The fraction of sp³-hybridized carbons (Fsp3) is 0.750. The number of carbonyl (C=O) groups excluding carboxylic acids is 3. The van der Waals surface area contributed by atoms with Gasteiger partial charge in [-0.05, 0) is 18.8 Å². The third kappa shape index (κ3) is 2.48. The van der Waals surface area contributed by atoms with E-state index in [0.29, 0.717) is 31.7 Å². The summed E-state index contributed by atoms with van der Waals surface area (Å²) < 4.78 is 0. The van der Waals surface area contributed by atoms with Crippen LogP contribution in [-0.4, -0.2) is 35.2 Å². The summed E-state index contributed by atoms with van der Waals surface area (Å²) in [4.78, 5) is 36.3. The highest BCUT2D eigenvalue weighted by molar-refractivity contribution is 6.01. The maximum Gasteiger partial charge on any atom is 0.249 e. The minimum absolute atomic E-state index is 0.0533. The summed E-state index contributed by atoms with van der Waals surface area (Å²) in [6.45, 7) is 2.73. The molecule has 2 atom stereocenters. The first-order valence-corrected chi connectivity index (χ1v) is 6.25. The minimum Gasteiger partial charge on any atom is -0.331 e. The SMILES string of the molecule is CCC1CCN(C2CCC(=O)NC2=O)C(=O)C1. The summed E-state index contributed by atoms with van der Waals surface area (Å²) in [5, 5.41) is 2.30. The van der Waals surface area contributed by atoms with Crippen molar-refractivity contribution < 1.29 is 14.4 Å². The van der Waals surface area contributed by atoms with Crippen molar-refractivity contribution in [2.75, 3.05) is 6.54 Å². The van der Waals surface area contributed by atoms with E-state index in [1.165, 1.54) is 0 Å². The molecule has 2 unspecified atom stereocenters. The zero-order valence-corrected chi connectivity index (χ0v) is 10.1. The molecule has 0 spiro atoms. The summed E-state index contributed by atoms with van der Waals surface area (Å²) >= 11 is 0. The number of nitrogens with one attached hydrogen (secondary N) is 1. The Bertz CT molecular complexity index is 354. The molecule has 2 saturated heterocycles. The fourth-order valence-corrected chi connectivity index (χ4v) is 2.57. The zero-order valence-electron chi connectivity index (χ0n) is 10.1. The van der Waals surface area contributed by atoms with Gasteiger partial charge in [-0.2, -0.15) is 0 Å². The van der Waals surface area contributed by atoms with Gasteiger partial charge in [-0.25, -0.2) is 0 Å². The van der Waals surface area contributed by atoms with Gasteiger partial charge in [-0.15, -0.1) is 0 Å². The summed E-state index contributed by atoms with van der Waals surface area (Å²) in [6, 6.07) is -0.432. The lowest BCUT2D eigenvalue weighted by Crippen LogP contribution is -2.56. The van der Waals surface area contributed by atoms with E-state index in [4.69, 9.17) is 0 Å². The number of carbonyl (C=O) groups is 3. The summed E-state index contributed by atoms with van der Waals surface area (Å²) in [5.74, 6) is -0.0451. The van der Waals surface area contributed by atoms with Crippen LogP contribution in [0, 0.1) is 5.92 Å². The van der Waals surface area contributed by atoms with Crippen molar-refractivity contribution in [1.29, 1.82) is 0 Å². The number of hydrogen-bond acceptors (Lipinski definition) is 3. The normalized spacial score (nSPS) is 30.4. The first kappa shape index (κ1) is 12.1. The second kappa shape index (κ2) is 4.85. The Balaban J connectivity index is 2.01. The molecule has 2 rings (SSSR count). The molecule has 5 heteroatoms. The van der Waals surface area contributed by atoms with E-state index in [1.807, 2.05) is 0 Å². The highest BCUT2D eigenvalue weighted by atomic mass is 16.2. The van der Waals surface area contributed by atoms with Gasteiger partial charge in [0.05, 0.1) is 0 Å². The van der Waals surface area contributed by atoms with Crippen LogP contribution in [0.1, 0.15) is 39.0 Å². The zero-order chi connectivity index (χ0) is 12.4. The molecule has 0 radical (unpaired) electrons. The molecular weight excluding hydrogens is 220 g/mol. The van der Waals surface area contributed by atoms with Crippen LogP contribution in [-0.2, 0) is 14.4 Å². The van der Waals surface area contributed by atoms with Crippen molar-refractivity contribution in [1.82, 2.24) is 10.2 Å². The quantitative estimate of drug-likeness (QED) is 0.710. The topological polar surface area (TPSA) is 66.5 Å². The average molecular weight is 238 g/mol. The molecule has 1 N–H and O–H groups in total. The van der Waals surface area contributed by atoms with Crippen molar-refractivity contribution in [3.8, 4) is 0 Å². The number of hydrogen-bond donors (Lipinski definition) is 1. The molecule has 0 aromatic rings. The van der Waals surface area contributed by atoms with E-state index in [0.717, 1.165) is 12.8 Å². The van der Waals surface area contributed by atoms with Gasteiger partial charge in [-0.3, -0.25) is 19.7 Å². The molecule has 0 bridgehead atoms. The average Bonchev–Trinajstić information content (AvgIpc) is 2.30. The van der Waals surface area contributed by atoms with Gasteiger partial charge in [-0.1, -0.05) is 13.3 Å². The first-order chi connectivity index (χ1) is 8.11. The van der Waals surface area contributed by atoms with E-state index in [1.54, 1.807) is 4.90 Å². The lowest BCUT2D eigenvalue weighted by molar-refractivity contribution is -0.148. The number of rotatable bonds is 2. The van der Waals surface area contributed by atoms with Gasteiger partial charge >= 0.3 is 0 Å². The van der Waals surface area contributed by atoms with Crippen LogP contribution in [0.15, 0.2) is 0 Å². The molecular formula is C12H18N2O3. The molecule has 2 heterocycles. The molecule has 0 aromatic carbocycles. The van der Waals surface area contributed by atoms with E-state index < -0.39 is 6.04 Å². The van der Waals surface area contributed by atoms with Crippen molar-refractivity contribution in [2.45, 2.75) is 45.1 Å². The third-order valence-corrected chi connectivity index (χ3v) is 3.73. The molecule has 5 nitrogen and oxygen atoms in total. The Morgan fingerprint density at radius 1 is 1.29 bits per heavy atom. The number of amides is 3. The maximum atomic E-state index is 12.0.